The van der Waals surface area contributed by atoms with Crippen LogP contribution in [0.15, 0.2) is 57.3 Å². The molecule has 30 heavy (non-hydrogen) atoms. The number of aliphatic imine (C=N–C) groups is 1. The van der Waals surface area contributed by atoms with Gasteiger partial charge in [-0.1, -0.05) is 23.9 Å². The second-order valence-electron chi connectivity index (χ2n) is 7.07. The molecule has 0 saturated carbocycles. The molecule has 1 aliphatic heterocycles. The van der Waals surface area contributed by atoms with Gasteiger partial charge in [-0.3, -0.25) is 9.59 Å². The summed E-state index contributed by atoms with van der Waals surface area (Å²) >= 11 is 1.17. The number of nitrogens with zero attached hydrogens (tertiary/aromatic N) is 2. The maximum Gasteiger partial charge on any atom is 0.247 e. The van der Waals surface area contributed by atoms with Crippen molar-refractivity contribution < 1.29 is 14.0 Å². The van der Waals surface area contributed by atoms with E-state index in [-0.39, 0.29) is 17.2 Å². The van der Waals surface area contributed by atoms with Crippen molar-refractivity contribution in [2.24, 2.45) is 16.6 Å². The molecule has 154 valence electrons. The number of thioether (sulfide) groups is 1. The summed E-state index contributed by atoms with van der Waals surface area (Å²) in [4.78, 5) is 29.0. The Balaban J connectivity index is 1.82. The van der Waals surface area contributed by atoms with Gasteiger partial charge in [0.1, 0.15) is 11.7 Å². The van der Waals surface area contributed by atoms with E-state index < -0.39 is 17.7 Å². The molecule has 2 amide bonds. The topological polar surface area (TPSA) is 121 Å². The third-order valence-electron chi connectivity index (χ3n) is 4.85. The molecule has 1 aromatic carbocycles. The predicted octanol–water partition coefficient (Wildman–Crippen LogP) is 3.66. The van der Waals surface area contributed by atoms with E-state index in [0.717, 1.165) is 16.8 Å². The molecule has 0 bridgehead atoms. The number of amides is 2. The Hall–Kier alpha value is -3.31. The van der Waals surface area contributed by atoms with Gasteiger partial charge < -0.3 is 15.5 Å². The summed E-state index contributed by atoms with van der Waals surface area (Å²) in [6, 6.07) is 11.4. The van der Waals surface area contributed by atoms with Crippen molar-refractivity contribution in [1.29, 1.82) is 5.26 Å². The number of aryl methyl sites for hydroxylation is 2. The van der Waals surface area contributed by atoms with Gasteiger partial charge in [0.25, 0.3) is 0 Å². The van der Waals surface area contributed by atoms with E-state index in [1.54, 1.807) is 19.1 Å². The van der Waals surface area contributed by atoms with Crippen molar-refractivity contribution in [2.75, 3.05) is 11.1 Å². The molecule has 2 heterocycles. The lowest BCUT2D eigenvalue weighted by atomic mass is 9.82. The number of benzene rings is 1. The highest BCUT2D eigenvalue weighted by atomic mass is 32.2. The molecule has 3 N–H and O–H groups in total. The van der Waals surface area contributed by atoms with Crippen molar-refractivity contribution in [3.05, 3.63) is 64.8 Å². The van der Waals surface area contributed by atoms with E-state index in [2.05, 4.69) is 16.4 Å². The number of furan rings is 1. The minimum Gasteiger partial charge on any atom is -0.469 e. The highest BCUT2D eigenvalue weighted by Crippen LogP contribution is 2.40. The third-order valence-corrected chi connectivity index (χ3v) is 5.90. The minimum absolute atomic E-state index is 0.0778. The number of nitrogens with one attached hydrogen (secondary N) is 1. The Kier molecular flexibility index (Phi) is 6.43. The molecule has 0 aliphatic carbocycles. The van der Waals surface area contributed by atoms with Gasteiger partial charge in [0.15, 0.2) is 0 Å². The maximum atomic E-state index is 12.5. The Morgan fingerprint density at radius 2 is 2.07 bits per heavy atom. The number of hydrogen-bond donors (Lipinski definition) is 2. The number of carbonyl (C=O) groups is 2. The van der Waals surface area contributed by atoms with Crippen molar-refractivity contribution in [3.8, 4) is 6.07 Å². The fourth-order valence-electron chi connectivity index (χ4n) is 3.38. The summed E-state index contributed by atoms with van der Waals surface area (Å²) in [6.45, 7) is 5.55. The van der Waals surface area contributed by atoms with Gasteiger partial charge in [0, 0.05) is 11.4 Å². The second kappa shape index (κ2) is 9.01. The maximum absolute atomic E-state index is 12.5. The third kappa shape index (κ3) is 4.47. The number of anilines is 1. The molecular formula is C22H22N4O3S. The first kappa shape index (κ1) is 21.4. The lowest BCUT2D eigenvalue weighted by Gasteiger charge is -2.27. The minimum atomic E-state index is -0.777. The average Bonchev–Trinajstić information content (AvgIpc) is 3.22. The van der Waals surface area contributed by atoms with Crippen molar-refractivity contribution >= 4 is 34.3 Å². The van der Waals surface area contributed by atoms with Crippen molar-refractivity contribution in [2.45, 2.75) is 26.7 Å². The second-order valence-corrected chi connectivity index (χ2v) is 8.06. The summed E-state index contributed by atoms with van der Waals surface area (Å²) < 4.78 is 5.47. The van der Waals surface area contributed by atoms with Crippen LogP contribution in [0.3, 0.4) is 0 Å². The van der Waals surface area contributed by atoms with Crippen LogP contribution in [0.1, 0.15) is 29.7 Å². The van der Waals surface area contributed by atoms with Crippen molar-refractivity contribution in [3.63, 3.8) is 0 Å². The van der Waals surface area contributed by atoms with E-state index in [9.17, 15) is 14.9 Å². The zero-order valence-corrected chi connectivity index (χ0v) is 17.7. The zero-order valence-electron chi connectivity index (χ0n) is 16.9. The standard InChI is InChI=1S/C22H22N4O3S/c1-12-6-7-13(2)16(9-12)26-18(27)11-30-22-15(10-23)20(17-5-4-8-29-17)19(21(24)28)14(3)25-22/h4-9,15,20H,11H2,1-3H3,(H2,24,28)(H,26,27)/t15?,20-/m0/s1. The van der Waals surface area contributed by atoms with Crippen molar-refractivity contribution in [1.82, 2.24) is 0 Å². The molecule has 2 aromatic rings. The Morgan fingerprint density at radius 3 is 2.70 bits per heavy atom. The van der Waals surface area contributed by atoms with Gasteiger partial charge in [-0.15, -0.1) is 0 Å². The fourth-order valence-corrected chi connectivity index (χ4v) is 4.30. The van der Waals surface area contributed by atoms with Crippen LogP contribution in [0.2, 0.25) is 0 Å². The van der Waals surface area contributed by atoms with E-state index in [0.29, 0.717) is 16.5 Å². The molecule has 3 rings (SSSR count). The number of nitriles is 1. The Bertz CT molecular complexity index is 1080. The van der Waals surface area contributed by atoms with Gasteiger partial charge in [0.2, 0.25) is 11.8 Å². The molecule has 0 fully saturated rings. The van der Waals surface area contributed by atoms with Gasteiger partial charge in [-0.2, -0.15) is 5.26 Å². The zero-order chi connectivity index (χ0) is 21.8. The van der Waals surface area contributed by atoms with Crippen LogP contribution in [0.4, 0.5) is 5.69 Å². The smallest absolute Gasteiger partial charge is 0.247 e. The average molecular weight is 423 g/mol. The van der Waals surface area contributed by atoms with Crippen LogP contribution in [0, 0.1) is 31.1 Å². The lowest BCUT2D eigenvalue weighted by molar-refractivity contribution is -0.115. The summed E-state index contributed by atoms with van der Waals surface area (Å²) in [5, 5.41) is 13.2. The lowest BCUT2D eigenvalue weighted by Crippen LogP contribution is -2.32. The van der Waals surface area contributed by atoms with Crippen LogP contribution in [-0.2, 0) is 9.59 Å². The summed E-state index contributed by atoms with van der Waals surface area (Å²) in [7, 11) is 0. The first-order valence-corrected chi connectivity index (χ1v) is 10.3. The quantitative estimate of drug-likeness (QED) is 0.761. The van der Waals surface area contributed by atoms with Crippen LogP contribution >= 0.6 is 11.8 Å². The summed E-state index contributed by atoms with van der Waals surface area (Å²) in [5.74, 6) is -1.75. The van der Waals surface area contributed by atoms with E-state index in [1.165, 1.54) is 18.0 Å². The SMILES string of the molecule is CC1=C(C(N)=O)[C@H](c2ccco2)C(C#N)C(SCC(=O)Nc2cc(C)ccc2C)=N1. The summed E-state index contributed by atoms with van der Waals surface area (Å²) in [6.07, 6.45) is 1.48. The highest BCUT2D eigenvalue weighted by Gasteiger charge is 2.39. The Labute approximate surface area is 179 Å². The van der Waals surface area contributed by atoms with Crippen LogP contribution in [-0.4, -0.2) is 22.6 Å². The molecule has 1 aromatic heterocycles. The molecular weight excluding hydrogens is 400 g/mol. The molecule has 1 unspecified atom stereocenters. The van der Waals surface area contributed by atoms with Gasteiger partial charge in [-0.05, 0) is 50.1 Å². The number of carbonyl (C=O) groups excluding carboxylic acids is 2. The Morgan fingerprint density at radius 1 is 1.30 bits per heavy atom. The van der Waals surface area contributed by atoms with E-state index >= 15 is 0 Å². The molecule has 8 heteroatoms. The number of hydrogen-bond acceptors (Lipinski definition) is 6. The van der Waals surface area contributed by atoms with Crippen LogP contribution < -0.4 is 11.1 Å². The molecule has 0 saturated heterocycles. The highest BCUT2D eigenvalue weighted by molar-refractivity contribution is 8.14. The summed E-state index contributed by atoms with van der Waals surface area (Å²) in [5.41, 5.74) is 9.00. The van der Waals surface area contributed by atoms with Crippen LogP contribution in [0.25, 0.3) is 0 Å². The first-order valence-electron chi connectivity index (χ1n) is 9.34. The van der Waals surface area contributed by atoms with E-state index in [1.807, 2.05) is 32.0 Å². The first-order chi connectivity index (χ1) is 14.3. The molecule has 0 radical (unpaired) electrons. The van der Waals surface area contributed by atoms with Gasteiger partial charge >= 0.3 is 0 Å². The number of rotatable bonds is 5. The molecule has 2 atom stereocenters. The van der Waals surface area contributed by atoms with Gasteiger partial charge in [-0.25, -0.2) is 4.99 Å². The molecule has 1 aliphatic rings. The number of allylic oxidation sites excluding steroid dienone is 1. The largest absolute Gasteiger partial charge is 0.469 e. The predicted molar refractivity (Wildman–Crippen MR) is 117 cm³/mol. The fraction of sp³-hybridized carbons (Fsp3) is 0.273. The van der Waals surface area contributed by atoms with Crippen LogP contribution in [0.5, 0.6) is 0 Å². The number of nitrogens with two attached hydrogens (primary N) is 1. The molecule has 0 spiro atoms. The molecule has 7 nitrogen and oxygen atoms in total. The van der Waals surface area contributed by atoms with Gasteiger partial charge in [0.05, 0.1) is 34.6 Å². The number of primary amides is 1. The normalized spacial score (nSPS) is 18.5. The monoisotopic (exact) mass is 422 g/mol. The van der Waals surface area contributed by atoms with E-state index in [4.69, 9.17) is 10.2 Å².